The number of aryl methyl sites for hydroxylation is 1. The topological polar surface area (TPSA) is 88.6 Å². The Kier molecular flexibility index (Phi) is 4.78. The number of rotatable bonds is 4. The minimum absolute atomic E-state index is 0.134. The highest BCUT2D eigenvalue weighted by Crippen LogP contribution is 2.31. The molecule has 0 radical (unpaired) electrons. The Bertz CT molecular complexity index is 1110. The van der Waals surface area contributed by atoms with Gasteiger partial charge in [-0.05, 0) is 49.2 Å². The van der Waals surface area contributed by atoms with Gasteiger partial charge in [-0.1, -0.05) is 17.7 Å². The van der Waals surface area contributed by atoms with Crippen molar-refractivity contribution in [2.24, 2.45) is 0 Å². The van der Waals surface area contributed by atoms with Gasteiger partial charge in [0.05, 0.1) is 10.6 Å². The first-order chi connectivity index (χ1) is 13.4. The molecule has 0 spiro atoms. The molecule has 1 aromatic heterocycles. The number of carbonyl (C=O) groups excluding carboxylic acids is 1. The highest BCUT2D eigenvalue weighted by Gasteiger charge is 2.28. The number of aromatic nitrogens is 1. The number of ether oxygens (including phenoxy) is 1. The van der Waals surface area contributed by atoms with Crippen LogP contribution in [0.4, 0.5) is 15.6 Å². The molecule has 0 atom stereocenters. The van der Waals surface area contributed by atoms with Crippen LogP contribution in [0, 0.1) is 6.92 Å². The van der Waals surface area contributed by atoms with E-state index in [1.54, 1.807) is 29.6 Å². The summed E-state index contributed by atoms with van der Waals surface area (Å²) in [6, 6.07) is 11.9. The van der Waals surface area contributed by atoms with Gasteiger partial charge in [-0.25, -0.2) is 18.2 Å². The van der Waals surface area contributed by atoms with Gasteiger partial charge in [0.15, 0.2) is 5.13 Å². The summed E-state index contributed by atoms with van der Waals surface area (Å²) >= 11 is 1.21. The summed E-state index contributed by atoms with van der Waals surface area (Å²) in [5.41, 5.74) is 2.51. The molecule has 7 nitrogen and oxygen atoms in total. The smallest absolute Gasteiger partial charge is 0.410 e. The molecular weight excluding hydrogens is 398 g/mol. The molecule has 0 bridgehead atoms. The van der Waals surface area contributed by atoms with Crippen LogP contribution in [0.3, 0.4) is 0 Å². The van der Waals surface area contributed by atoms with E-state index in [1.807, 2.05) is 19.1 Å². The van der Waals surface area contributed by atoms with Crippen LogP contribution in [0.25, 0.3) is 0 Å². The van der Waals surface area contributed by atoms with Gasteiger partial charge in [0.25, 0.3) is 10.0 Å². The van der Waals surface area contributed by atoms with Gasteiger partial charge in [0.1, 0.15) is 5.75 Å². The van der Waals surface area contributed by atoms with E-state index in [2.05, 4.69) is 9.71 Å². The largest absolute Gasteiger partial charge is 0.419 e. The third-order valence-electron chi connectivity index (χ3n) is 4.36. The van der Waals surface area contributed by atoms with Gasteiger partial charge < -0.3 is 4.74 Å². The highest BCUT2D eigenvalue weighted by atomic mass is 32.2. The van der Waals surface area contributed by atoms with E-state index in [-0.39, 0.29) is 4.90 Å². The van der Waals surface area contributed by atoms with Gasteiger partial charge in [-0.3, -0.25) is 9.62 Å². The SMILES string of the molecule is Cc1ccc(OC(=O)N2CCc3cc(S(=O)(=O)Nc4nccs4)ccc32)cc1. The Morgan fingerprint density at radius 2 is 2.00 bits per heavy atom. The minimum Gasteiger partial charge on any atom is -0.410 e. The van der Waals surface area contributed by atoms with E-state index in [4.69, 9.17) is 4.74 Å². The number of carbonyl (C=O) groups is 1. The van der Waals surface area contributed by atoms with Crippen molar-refractivity contribution in [3.05, 3.63) is 65.2 Å². The molecule has 1 aliphatic heterocycles. The Labute approximate surface area is 166 Å². The number of hydrogen-bond donors (Lipinski definition) is 1. The summed E-state index contributed by atoms with van der Waals surface area (Å²) in [5, 5.41) is 2.00. The predicted molar refractivity (Wildman–Crippen MR) is 108 cm³/mol. The van der Waals surface area contributed by atoms with Crippen molar-refractivity contribution >= 4 is 38.3 Å². The number of nitrogens with one attached hydrogen (secondary N) is 1. The van der Waals surface area contributed by atoms with Crippen molar-refractivity contribution in [1.82, 2.24) is 4.98 Å². The van der Waals surface area contributed by atoms with Gasteiger partial charge >= 0.3 is 6.09 Å². The minimum atomic E-state index is -3.73. The molecule has 3 aromatic rings. The van der Waals surface area contributed by atoms with Crippen LogP contribution in [-0.2, 0) is 16.4 Å². The fourth-order valence-corrected chi connectivity index (χ4v) is 4.78. The van der Waals surface area contributed by atoms with E-state index in [0.29, 0.717) is 29.5 Å². The molecule has 0 saturated heterocycles. The number of amides is 1. The average molecular weight is 415 g/mol. The van der Waals surface area contributed by atoms with Crippen LogP contribution >= 0.6 is 11.3 Å². The summed E-state index contributed by atoms with van der Waals surface area (Å²) in [6.45, 7) is 2.39. The number of nitrogens with zero attached hydrogens (tertiary/aromatic N) is 2. The number of hydrogen-bond acceptors (Lipinski definition) is 6. The van der Waals surface area contributed by atoms with E-state index in [0.717, 1.165) is 11.1 Å². The number of fused-ring (bicyclic) bond motifs is 1. The van der Waals surface area contributed by atoms with Gasteiger partial charge in [-0.2, -0.15) is 0 Å². The maximum atomic E-state index is 12.5. The standard InChI is InChI=1S/C19H17N3O4S2/c1-13-2-4-15(5-3-13)26-19(23)22-10-8-14-12-16(6-7-17(14)22)28(24,25)21-18-20-9-11-27-18/h2-7,9,11-12H,8,10H2,1H3,(H,20,21). The summed E-state index contributed by atoms with van der Waals surface area (Å²) in [6.07, 6.45) is 1.60. The molecule has 2 heterocycles. The number of sulfonamides is 1. The van der Waals surface area contributed by atoms with Crippen molar-refractivity contribution < 1.29 is 17.9 Å². The molecule has 1 amide bonds. The van der Waals surface area contributed by atoms with Crippen LogP contribution in [0.1, 0.15) is 11.1 Å². The Morgan fingerprint density at radius 3 is 2.71 bits per heavy atom. The molecule has 0 aliphatic carbocycles. The van der Waals surface area contributed by atoms with Crippen molar-refractivity contribution in [3.63, 3.8) is 0 Å². The van der Waals surface area contributed by atoms with Gasteiger partial charge in [-0.15, -0.1) is 11.3 Å². The molecule has 1 aliphatic rings. The van der Waals surface area contributed by atoms with Crippen molar-refractivity contribution in [2.45, 2.75) is 18.2 Å². The quantitative estimate of drug-likeness (QED) is 0.700. The summed E-state index contributed by atoms with van der Waals surface area (Å²) in [5.74, 6) is 0.468. The third kappa shape index (κ3) is 3.71. The van der Waals surface area contributed by atoms with Crippen LogP contribution < -0.4 is 14.4 Å². The summed E-state index contributed by atoms with van der Waals surface area (Å²) in [4.78, 5) is 18.1. The predicted octanol–water partition coefficient (Wildman–Crippen LogP) is 3.81. The first-order valence-corrected chi connectivity index (χ1v) is 10.9. The van der Waals surface area contributed by atoms with Gasteiger partial charge in [0.2, 0.25) is 0 Å². The van der Waals surface area contributed by atoms with Crippen LogP contribution in [0.15, 0.2) is 58.9 Å². The van der Waals surface area contributed by atoms with Crippen LogP contribution in [-0.4, -0.2) is 26.0 Å². The Balaban J connectivity index is 1.53. The monoisotopic (exact) mass is 415 g/mol. The molecule has 28 heavy (non-hydrogen) atoms. The maximum Gasteiger partial charge on any atom is 0.419 e. The second-order valence-corrected chi connectivity index (χ2v) is 8.89. The molecule has 4 rings (SSSR count). The maximum absolute atomic E-state index is 12.5. The molecule has 0 fully saturated rings. The number of thiazole rings is 1. The van der Waals surface area contributed by atoms with Crippen LogP contribution in [0.5, 0.6) is 5.75 Å². The molecule has 0 saturated carbocycles. The lowest BCUT2D eigenvalue weighted by Gasteiger charge is -2.17. The van der Waals surface area contributed by atoms with E-state index >= 15 is 0 Å². The lowest BCUT2D eigenvalue weighted by atomic mass is 10.2. The zero-order valence-corrected chi connectivity index (χ0v) is 16.6. The van der Waals surface area contributed by atoms with Gasteiger partial charge in [0, 0.05) is 18.1 Å². The second-order valence-electron chi connectivity index (χ2n) is 6.32. The molecule has 0 unspecified atom stereocenters. The van der Waals surface area contributed by atoms with E-state index in [1.165, 1.54) is 28.5 Å². The lowest BCUT2D eigenvalue weighted by molar-refractivity contribution is 0.208. The number of benzene rings is 2. The molecular formula is C19H17N3O4S2. The molecule has 1 N–H and O–H groups in total. The fourth-order valence-electron chi connectivity index (χ4n) is 2.94. The van der Waals surface area contributed by atoms with Crippen molar-refractivity contribution in [3.8, 4) is 5.75 Å². The Hall–Kier alpha value is -2.91. The zero-order valence-electron chi connectivity index (χ0n) is 15.0. The molecule has 2 aromatic carbocycles. The van der Waals surface area contributed by atoms with E-state index < -0.39 is 16.1 Å². The summed E-state index contributed by atoms with van der Waals surface area (Å²) < 4.78 is 32.9. The average Bonchev–Trinajstić information content (AvgIpc) is 3.32. The van der Waals surface area contributed by atoms with E-state index in [9.17, 15) is 13.2 Å². The first-order valence-electron chi connectivity index (χ1n) is 8.54. The van der Waals surface area contributed by atoms with Crippen LogP contribution in [0.2, 0.25) is 0 Å². The molecule has 144 valence electrons. The lowest BCUT2D eigenvalue weighted by Crippen LogP contribution is -2.31. The summed E-state index contributed by atoms with van der Waals surface area (Å²) in [7, 11) is -3.73. The normalized spacial score (nSPS) is 13.2. The second kappa shape index (κ2) is 7.25. The zero-order chi connectivity index (χ0) is 19.7. The Morgan fingerprint density at radius 1 is 1.21 bits per heavy atom. The highest BCUT2D eigenvalue weighted by molar-refractivity contribution is 7.93. The van der Waals surface area contributed by atoms with Crippen molar-refractivity contribution in [2.75, 3.05) is 16.2 Å². The third-order valence-corrected chi connectivity index (χ3v) is 6.51. The fraction of sp³-hybridized carbons (Fsp3) is 0.158. The van der Waals surface area contributed by atoms with Crippen molar-refractivity contribution in [1.29, 1.82) is 0 Å². The number of anilines is 2. The molecule has 9 heteroatoms. The first kappa shape index (κ1) is 18.5.